The molecule has 0 radical (unpaired) electrons. The highest BCUT2D eigenvalue weighted by Gasteiger charge is 2.12. The normalized spacial score (nSPS) is 10.9. The molecule has 3 aromatic rings. The molecule has 0 spiro atoms. The zero-order valence-corrected chi connectivity index (χ0v) is 11.3. The minimum absolute atomic E-state index is 0.279. The molecule has 0 aliphatic heterocycles. The lowest BCUT2D eigenvalue weighted by Crippen LogP contribution is -1.92. The van der Waals surface area contributed by atoms with Crippen LogP contribution in [0.4, 0.5) is 0 Å². The number of benzene rings is 1. The van der Waals surface area contributed by atoms with Gasteiger partial charge in [0.05, 0.1) is 18.1 Å². The molecule has 0 saturated carbocycles. The number of hydrogen-bond acceptors (Lipinski definition) is 4. The largest absolute Gasteiger partial charge is 0.497 e. The second kappa shape index (κ2) is 4.68. The van der Waals surface area contributed by atoms with Gasteiger partial charge in [0, 0.05) is 12.1 Å². The van der Waals surface area contributed by atoms with E-state index < -0.39 is 0 Å². The third kappa shape index (κ3) is 2.22. The number of nitrogens with one attached hydrogen (secondary N) is 1. The molecule has 19 heavy (non-hydrogen) atoms. The first-order valence-corrected chi connectivity index (χ1v) is 6.15. The van der Waals surface area contributed by atoms with Gasteiger partial charge in [-0.1, -0.05) is 23.2 Å². The van der Waals surface area contributed by atoms with E-state index in [0.29, 0.717) is 33.3 Å². The van der Waals surface area contributed by atoms with Crippen molar-refractivity contribution in [3.8, 4) is 17.1 Å². The van der Waals surface area contributed by atoms with Crippen LogP contribution in [-0.4, -0.2) is 27.3 Å². The van der Waals surface area contributed by atoms with Crippen LogP contribution in [0.25, 0.3) is 22.4 Å². The van der Waals surface area contributed by atoms with E-state index in [2.05, 4.69) is 20.2 Å². The van der Waals surface area contributed by atoms with E-state index in [0.717, 1.165) is 0 Å². The molecule has 0 saturated heterocycles. The molecule has 7 heteroatoms. The van der Waals surface area contributed by atoms with Crippen molar-refractivity contribution in [2.24, 2.45) is 0 Å². The van der Waals surface area contributed by atoms with Crippen molar-refractivity contribution in [1.29, 1.82) is 0 Å². The van der Waals surface area contributed by atoms with Gasteiger partial charge in [-0.25, -0.2) is 9.97 Å². The molecule has 0 bridgehead atoms. The molecule has 0 amide bonds. The van der Waals surface area contributed by atoms with Gasteiger partial charge in [-0.3, -0.25) is 5.10 Å². The fraction of sp³-hybridized carbons (Fsp3) is 0.0833. The zero-order chi connectivity index (χ0) is 13.4. The highest BCUT2D eigenvalue weighted by atomic mass is 35.5. The Hall–Kier alpha value is -1.85. The molecule has 0 aliphatic rings. The van der Waals surface area contributed by atoms with Gasteiger partial charge >= 0.3 is 0 Å². The van der Waals surface area contributed by atoms with Gasteiger partial charge in [0.2, 0.25) is 0 Å². The number of rotatable bonds is 2. The number of fused-ring (bicyclic) bond motifs is 1. The predicted molar refractivity (Wildman–Crippen MR) is 73.7 cm³/mol. The maximum Gasteiger partial charge on any atom is 0.157 e. The molecule has 0 fully saturated rings. The number of aromatic nitrogens is 4. The van der Waals surface area contributed by atoms with Crippen LogP contribution in [0.15, 0.2) is 24.3 Å². The van der Waals surface area contributed by atoms with Crippen LogP contribution in [0.3, 0.4) is 0 Å². The van der Waals surface area contributed by atoms with Crippen LogP contribution in [0.1, 0.15) is 0 Å². The molecule has 2 heterocycles. The highest BCUT2D eigenvalue weighted by Crippen LogP contribution is 2.28. The van der Waals surface area contributed by atoms with Gasteiger partial charge in [0.15, 0.2) is 5.15 Å². The van der Waals surface area contributed by atoms with Crippen LogP contribution in [0.5, 0.6) is 5.75 Å². The topological polar surface area (TPSA) is 63.7 Å². The fourth-order valence-electron chi connectivity index (χ4n) is 1.72. The average molecular weight is 295 g/mol. The molecule has 1 N–H and O–H groups in total. The molecule has 0 unspecified atom stereocenters. The molecular weight excluding hydrogens is 287 g/mol. The number of H-pyrrole nitrogens is 1. The minimum atomic E-state index is 0.279. The van der Waals surface area contributed by atoms with Gasteiger partial charge in [0.25, 0.3) is 0 Å². The number of halogens is 2. The molecule has 1 aromatic carbocycles. The Morgan fingerprint density at radius 2 is 1.95 bits per heavy atom. The van der Waals surface area contributed by atoms with Crippen molar-refractivity contribution < 1.29 is 4.74 Å². The summed E-state index contributed by atoms with van der Waals surface area (Å²) in [7, 11) is 1.60. The summed E-state index contributed by atoms with van der Waals surface area (Å²) in [5, 5.41) is 7.34. The molecule has 0 aliphatic carbocycles. The molecule has 2 aromatic heterocycles. The fourth-order valence-corrected chi connectivity index (χ4v) is 2.10. The van der Waals surface area contributed by atoms with E-state index in [4.69, 9.17) is 27.9 Å². The molecular formula is C12H8Cl2N4O. The standard InChI is InChI=1S/C12H8Cl2N4O/c1-19-6-2-3-7-8(4-6)15-11(12(14)16-7)9-5-10(13)18-17-9/h2-5H,1H3,(H,17,18). The van der Waals surface area contributed by atoms with E-state index >= 15 is 0 Å². The Labute approximate surface area is 118 Å². The SMILES string of the molecule is COc1ccc2nc(Cl)c(-c3cc(Cl)[nH]n3)nc2c1. The van der Waals surface area contributed by atoms with Crippen LogP contribution in [0.2, 0.25) is 10.3 Å². The van der Waals surface area contributed by atoms with Gasteiger partial charge in [0.1, 0.15) is 22.3 Å². The Morgan fingerprint density at radius 1 is 1.11 bits per heavy atom. The second-order valence-electron chi connectivity index (χ2n) is 3.82. The Kier molecular flexibility index (Phi) is 3.00. The summed E-state index contributed by atoms with van der Waals surface area (Å²) in [5.41, 5.74) is 2.40. The molecule has 0 atom stereocenters. The van der Waals surface area contributed by atoms with Gasteiger partial charge in [-0.05, 0) is 12.1 Å². The van der Waals surface area contributed by atoms with E-state index in [1.54, 1.807) is 31.4 Å². The number of aromatic amines is 1. The van der Waals surface area contributed by atoms with Crippen LogP contribution >= 0.6 is 23.2 Å². The summed E-state index contributed by atoms with van der Waals surface area (Å²) < 4.78 is 5.16. The lowest BCUT2D eigenvalue weighted by atomic mass is 10.2. The Balaban J connectivity index is 2.22. The Bertz CT molecular complexity index is 757. The smallest absolute Gasteiger partial charge is 0.157 e. The van der Waals surface area contributed by atoms with Gasteiger partial charge < -0.3 is 4.74 Å². The number of hydrogen-bond donors (Lipinski definition) is 1. The summed E-state index contributed by atoms with van der Waals surface area (Å²) in [4.78, 5) is 8.74. The van der Waals surface area contributed by atoms with Crippen LogP contribution in [0, 0.1) is 0 Å². The lowest BCUT2D eigenvalue weighted by molar-refractivity contribution is 0.415. The summed E-state index contributed by atoms with van der Waals surface area (Å²) in [6, 6.07) is 7.03. The van der Waals surface area contributed by atoms with Crippen LogP contribution in [-0.2, 0) is 0 Å². The maximum absolute atomic E-state index is 6.12. The highest BCUT2D eigenvalue weighted by molar-refractivity contribution is 6.32. The predicted octanol–water partition coefficient (Wildman–Crippen LogP) is 3.34. The molecule has 3 rings (SSSR count). The summed E-state index contributed by atoms with van der Waals surface area (Å²) in [5.74, 6) is 0.704. The molecule has 96 valence electrons. The van der Waals surface area contributed by atoms with Crippen molar-refractivity contribution in [2.45, 2.75) is 0 Å². The van der Waals surface area contributed by atoms with E-state index in [-0.39, 0.29) is 5.15 Å². The zero-order valence-electron chi connectivity index (χ0n) is 9.82. The maximum atomic E-state index is 6.12. The van der Waals surface area contributed by atoms with E-state index in [9.17, 15) is 0 Å². The van der Waals surface area contributed by atoms with Crippen molar-refractivity contribution in [2.75, 3.05) is 7.11 Å². The van der Waals surface area contributed by atoms with E-state index in [1.807, 2.05) is 0 Å². The van der Waals surface area contributed by atoms with Crippen molar-refractivity contribution in [1.82, 2.24) is 20.2 Å². The third-order valence-corrected chi connectivity index (χ3v) is 3.08. The number of ether oxygens (including phenoxy) is 1. The number of methoxy groups -OCH3 is 1. The quantitative estimate of drug-likeness (QED) is 0.787. The summed E-state index contributed by atoms with van der Waals surface area (Å²) in [6.07, 6.45) is 0. The first-order chi connectivity index (χ1) is 9.17. The second-order valence-corrected chi connectivity index (χ2v) is 4.58. The lowest BCUT2D eigenvalue weighted by Gasteiger charge is -2.04. The summed E-state index contributed by atoms with van der Waals surface area (Å²) >= 11 is 11.9. The number of nitrogens with zero attached hydrogens (tertiary/aromatic N) is 3. The monoisotopic (exact) mass is 294 g/mol. The average Bonchev–Trinajstić information content (AvgIpc) is 2.84. The van der Waals surface area contributed by atoms with Gasteiger partial charge in [-0.2, -0.15) is 5.10 Å². The van der Waals surface area contributed by atoms with Gasteiger partial charge in [-0.15, -0.1) is 0 Å². The van der Waals surface area contributed by atoms with E-state index in [1.165, 1.54) is 0 Å². The Morgan fingerprint density at radius 3 is 2.63 bits per heavy atom. The first-order valence-electron chi connectivity index (χ1n) is 5.40. The van der Waals surface area contributed by atoms with Crippen molar-refractivity contribution >= 4 is 34.2 Å². The molecule has 5 nitrogen and oxygen atoms in total. The van der Waals surface area contributed by atoms with Crippen molar-refractivity contribution in [3.05, 3.63) is 34.6 Å². The minimum Gasteiger partial charge on any atom is -0.497 e. The third-order valence-electron chi connectivity index (χ3n) is 2.62. The summed E-state index contributed by atoms with van der Waals surface area (Å²) in [6.45, 7) is 0. The first kappa shape index (κ1) is 12.2. The van der Waals surface area contributed by atoms with Crippen molar-refractivity contribution in [3.63, 3.8) is 0 Å². The van der Waals surface area contributed by atoms with Crippen LogP contribution < -0.4 is 4.74 Å².